The number of rotatable bonds is 8. The van der Waals surface area contributed by atoms with E-state index in [4.69, 9.17) is 0 Å². The fourth-order valence-electron chi connectivity index (χ4n) is 10.2. The van der Waals surface area contributed by atoms with Gasteiger partial charge in [-0.3, -0.25) is 0 Å². The molecule has 0 aliphatic rings. The van der Waals surface area contributed by atoms with Gasteiger partial charge in [-0.2, -0.15) is 0 Å². The molecular formula is C66H56N2. The summed E-state index contributed by atoms with van der Waals surface area (Å²) >= 11 is 0. The molecule has 330 valence electrons. The van der Waals surface area contributed by atoms with Crippen LogP contribution in [0.25, 0.3) is 65.3 Å². The maximum absolute atomic E-state index is 2.47. The van der Waals surface area contributed by atoms with E-state index in [1.54, 1.807) is 0 Å². The molecule has 0 N–H and O–H groups in total. The molecule has 11 aromatic rings. The van der Waals surface area contributed by atoms with E-state index in [0.717, 1.165) is 34.1 Å². The number of hydrogen-bond donors (Lipinski definition) is 0. The number of anilines is 6. The predicted molar refractivity (Wildman–Crippen MR) is 294 cm³/mol. The Morgan fingerprint density at radius 2 is 0.603 bits per heavy atom. The van der Waals surface area contributed by atoms with Gasteiger partial charge in [0, 0.05) is 33.5 Å². The number of para-hydroxylation sites is 2. The maximum atomic E-state index is 2.47. The summed E-state index contributed by atoms with van der Waals surface area (Å²) in [5.41, 5.74) is 14.2. The fourth-order valence-corrected chi connectivity index (χ4v) is 10.2. The van der Waals surface area contributed by atoms with Crippen LogP contribution in [-0.4, -0.2) is 0 Å². The van der Waals surface area contributed by atoms with Crippen molar-refractivity contribution in [2.45, 2.75) is 52.4 Å². The van der Waals surface area contributed by atoms with Gasteiger partial charge in [0.2, 0.25) is 0 Å². The molecule has 0 saturated heterocycles. The van der Waals surface area contributed by atoms with Gasteiger partial charge in [-0.1, -0.05) is 199 Å². The minimum absolute atomic E-state index is 0.0423. The lowest BCUT2D eigenvalue weighted by Gasteiger charge is -2.28. The first-order chi connectivity index (χ1) is 33.0. The number of fused-ring (bicyclic) bond motifs is 4. The van der Waals surface area contributed by atoms with Crippen LogP contribution < -0.4 is 9.80 Å². The van der Waals surface area contributed by atoms with Crippen LogP contribution in [-0.2, 0) is 10.8 Å². The highest BCUT2D eigenvalue weighted by Crippen LogP contribution is 2.48. The van der Waals surface area contributed by atoms with Gasteiger partial charge in [0.1, 0.15) is 0 Å². The van der Waals surface area contributed by atoms with Crippen molar-refractivity contribution in [1.29, 1.82) is 0 Å². The van der Waals surface area contributed by atoms with E-state index in [-0.39, 0.29) is 10.8 Å². The number of benzene rings is 11. The Hall–Kier alpha value is -7.94. The first kappa shape index (κ1) is 42.7. The quantitative estimate of drug-likeness (QED) is 0.140. The zero-order valence-electron chi connectivity index (χ0n) is 39.8. The summed E-state index contributed by atoms with van der Waals surface area (Å²) in [4.78, 5) is 4.78. The van der Waals surface area contributed by atoms with Crippen LogP contribution in [0, 0.1) is 0 Å². The monoisotopic (exact) mass is 876 g/mol. The van der Waals surface area contributed by atoms with Crippen molar-refractivity contribution in [3.05, 3.63) is 242 Å². The molecule has 11 aromatic carbocycles. The Morgan fingerprint density at radius 3 is 0.985 bits per heavy atom. The summed E-state index contributed by atoms with van der Waals surface area (Å²) in [5, 5.41) is 9.89. The third-order valence-corrected chi connectivity index (χ3v) is 13.7. The first-order valence-corrected chi connectivity index (χ1v) is 23.9. The summed E-state index contributed by atoms with van der Waals surface area (Å²) in [5.74, 6) is 0. The van der Waals surface area contributed by atoms with Gasteiger partial charge >= 0.3 is 0 Å². The van der Waals surface area contributed by atoms with E-state index < -0.39 is 0 Å². The highest BCUT2D eigenvalue weighted by Gasteiger charge is 2.24. The van der Waals surface area contributed by atoms with Crippen molar-refractivity contribution < 1.29 is 0 Å². The molecule has 0 spiro atoms. The van der Waals surface area contributed by atoms with E-state index in [1.807, 2.05) is 0 Å². The van der Waals surface area contributed by atoms with Gasteiger partial charge in [0.15, 0.2) is 0 Å². The molecule has 0 aliphatic carbocycles. The molecule has 0 heterocycles. The van der Waals surface area contributed by atoms with Crippen LogP contribution in [0.4, 0.5) is 34.1 Å². The molecular weight excluding hydrogens is 821 g/mol. The van der Waals surface area contributed by atoms with Crippen molar-refractivity contribution in [2.75, 3.05) is 9.80 Å². The summed E-state index contributed by atoms with van der Waals surface area (Å²) in [6.07, 6.45) is 0. The molecule has 0 aliphatic heterocycles. The molecule has 0 radical (unpaired) electrons. The van der Waals surface area contributed by atoms with Gasteiger partial charge in [0.05, 0.1) is 11.4 Å². The van der Waals surface area contributed by atoms with Crippen LogP contribution >= 0.6 is 0 Å². The second-order valence-electron chi connectivity index (χ2n) is 20.2. The van der Waals surface area contributed by atoms with Crippen molar-refractivity contribution in [1.82, 2.24) is 0 Å². The summed E-state index contributed by atoms with van der Waals surface area (Å²) in [7, 11) is 0. The van der Waals surface area contributed by atoms with Gasteiger partial charge in [-0.25, -0.2) is 0 Å². The average molecular weight is 877 g/mol. The van der Waals surface area contributed by atoms with Gasteiger partial charge in [0.25, 0.3) is 0 Å². The zero-order valence-corrected chi connectivity index (χ0v) is 39.8. The third kappa shape index (κ3) is 7.76. The maximum Gasteiger partial charge on any atom is 0.0540 e. The van der Waals surface area contributed by atoms with Crippen molar-refractivity contribution in [2.24, 2.45) is 0 Å². The molecule has 11 rings (SSSR count). The highest BCUT2D eigenvalue weighted by atomic mass is 15.1. The number of nitrogens with zero attached hydrogens (tertiary/aromatic N) is 2. The molecule has 2 heteroatoms. The lowest BCUT2D eigenvalue weighted by Crippen LogP contribution is -2.12. The van der Waals surface area contributed by atoms with Gasteiger partial charge < -0.3 is 9.80 Å². The molecule has 2 nitrogen and oxygen atoms in total. The molecule has 0 bridgehead atoms. The number of hydrogen-bond acceptors (Lipinski definition) is 2. The minimum Gasteiger partial charge on any atom is -0.310 e. The molecule has 0 unspecified atom stereocenters. The highest BCUT2D eigenvalue weighted by molar-refractivity contribution is 6.22. The average Bonchev–Trinajstić information content (AvgIpc) is 3.36. The summed E-state index contributed by atoms with van der Waals surface area (Å²) < 4.78 is 0. The predicted octanol–water partition coefficient (Wildman–Crippen LogP) is 19.2. The molecule has 0 saturated carbocycles. The summed E-state index contributed by atoms with van der Waals surface area (Å²) in [6, 6.07) is 85.0. The van der Waals surface area contributed by atoms with Crippen molar-refractivity contribution >= 4 is 77.2 Å². The second-order valence-corrected chi connectivity index (χ2v) is 20.2. The smallest absolute Gasteiger partial charge is 0.0540 e. The Bertz CT molecular complexity index is 3360. The first-order valence-electron chi connectivity index (χ1n) is 23.9. The molecule has 68 heavy (non-hydrogen) atoms. The van der Waals surface area contributed by atoms with Gasteiger partial charge in [-0.15, -0.1) is 0 Å². The van der Waals surface area contributed by atoms with Crippen LogP contribution in [0.5, 0.6) is 0 Å². The van der Waals surface area contributed by atoms with E-state index in [9.17, 15) is 0 Å². The van der Waals surface area contributed by atoms with Gasteiger partial charge in [-0.05, 0) is 149 Å². The SMILES string of the molecule is CC(C)(C)c1ccc2c(-c3ccc(N(c4ccccc4)c4cccc5ccccc45)cc3)c3cc(C(C)(C)C)ccc3c(-c3ccc(N(c4ccccc4)c4cccc5ccccc45)cc3)c2c1. The lowest BCUT2D eigenvalue weighted by atomic mass is 9.79. The Morgan fingerprint density at radius 1 is 0.265 bits per heavy atom. The van der Waals surface area contributed by atoms with E-state index >= 15 is 0 Å². The standard InChI is InChI=1S/C66H56N2/c1-65(2,3)49-35-41-57-59(43-49)63(47-31-37-53(38-32-47)67(51-23-9-7-10-24-51)61-29-17-21-45-19-13-15-27-55(45)61)58-42-36-50(66(4,5)6)44-60(58)64(57)48-33-39-54(40-34-48)68(52-25-11-8-12-26-52)62-30-18-22-46-20-14-16-28-56(46)62/h7-44H,1-6H3. The van der Waals surface area contributed by atoms with Crippen LogP contribution in [0.1, 0.15) is 52.7 Å². The Labute approximate surface area is 401 Å². The third-order valence-electron chi connectivity index (χ3n) is 13.7. The van der Waals surface area contributed by atoms with Crippen molar-refractivity contribution in [3.63, 3.8) is 0 Å². The van der Waals surface area contributed by atoms with Crippen molar-refractivity contribution in [3.8, 4) is 22.3 Å². The van der Waals surface area contributed by atoms with Crippen LogP contribution in [0.15, 0.2) is 231 Å². The molecule has 0 aromatic heterocycles. The van der Waals surface area contributed by atoms with Crippen LogP contribution in [0.3, 0.4) is 0 Å². The van der Waals surface area contributed by atoms with E-state index in [0.29, 0.717) is 0 Å². The Kier molecular flexibility index (Phi) is 10.7. The summed E-state index contributed by atoms with van der Waals surface area (Å²) in [6.45, 7) is 13.9. The van der Waals surface area contributed by atoms with E-state index in [2.05, 4.69) is 282 Å². The minimum atomic E-state index is -0.0423. The molecule has 0 atom stereocenters. The van der Waals surface area contributed by atoms with E-state index in [1.165, 1.54) is 76.5 Å². The zero-order chi connectivity index (χ0) is 46.6. The molecule has 0 amide bonds. The lowest BCUT2D eigenvalue weighted by molar-refractivity contribution is 0.590. The largest absolute Gasteiger partial charge is 0.310 e. The Balaban J connectivity index is 1.12. The second kappa shape index (κ2) is 17.0. The van der Waals surface area contributed by atoms with Crippen LogP contribution in [0.2, 0.25) is 0 Å². The normalized spacial score (nSPS) is 12.0. The fraction of sp³-hybridized carbons (Fsp3) is 0.121. The topological polar surface area (TPSA) is 6.48 Å². The molecule has 0 fully saturated rings.